The van der Waals surface area contributed by atoms with Crippen molar-refractivity contribution >= 4 is 56.8 Å². The number of ether oxygens (including phenoxy) is 1. The third-order valence-electron chi connectivity index (χ3n) is 10.4. The van der Waals surface area contributed by atoms with E-state index in [4.69, 9.17) is 16.3 Å². The highest BCUT2D eigenvalue weighted by Gasteiger charge is 2.70. The van der Waals surface area contributed by atoms with Crippen LogP contribution in [0, 0.1) is 23.7 Å². The molecule has 2 heterocycles. The quantitative estimate of drug-likeness (QED) is 0.236. The lowest BCUT2D eigenvalue weighted by Gasteiger charge is -2.50. The Hall–Kier alpha value is -3.95. The average Bonchev–Trinajstić information content (AvgIpc) is 3.43. The Balaban J connectivity index is 1.53. The van der Waals surface area contributed by atoms with Gasteiger partial charge < -0.3 is 9.84 Å². The van der Waals surface area contributed by atoms with Crippen LogP contribution in [0.1, 0.15) is 50.7 Å². The molecule has 2 aliphatic carbocycles. The molecule has 4 aliphatic rings. The van der Waals surface area contributed by atoms with Gasteiger partial charge in [-0.2, -0.15) is 0 Å². The summed E-state index contributed by atoms with van der Waals surface area (Å²) in [6.45, 7) is 5.52. The van der Waals surface area contributed by atoms with E-state index in [0.717, 1.165) is 5.57 Å². The summed E-state index contributed by atoms with van der Waals surface area (Å²) in [5.41, 5.74) is -0.137. The van der Waals surface area contributed by atoms with Gasteiger partial charge in [-0.3, -0.25) is 24.1 Å². The molecule has 0 aromatic heterocycles. The van der Waals surface area contributed by atoms with E-state index in [1.54, 1.807) is 36.4 Å². The van der Waals surface area contributed by atoms with Crippen LogP contribution >= 0.6 is 27.5 Å². The number of aromatic hydroxyl groups is 1. The third-order valence-corrected chi connectivity index (χ3v) is 11.1. The van der Waals surface area contributed by atoms with Crippen LogP contribution in [0.5, 0.6) is 11.5 Å². The second-order valence-corrected chi connectivity index (χ2v) is 15.2. The molecule has 3 fully saturated rings. The Morgan fingerprint density at radius 2 is 1.66 bits per heavy atom. The summed E-state index contributed by atoms with van der Waals surface area (Å²) < 4.78 is 6.17. The average molecular weight is 718 g/mol. The topological polar surface area (TPSA) is 104 Å². The highest BCUT2D eigenvalue weighted by Crippen LogP contribution is 2.66. The number of hydrogen-bond donors (Lipinski definition) is 1. The fourth-order valence-corrected chi connectivity index (χ4v) is 9.36. The molecule has 7 rings (SSSR count). The van der Waals surface area contributed by atoms with Crippen molar-refractivity contribution in [2.45, 2.75) is 50.5 Å². The molecule has 2 saturated heterocycles. The molecule has 8 nitrogen and oxygen atoms in total. The Kier molecular flexibility index (Phi) is 7.44. The van der Waals surface area contributed by atoms with Gasteiger partial charge in [0.1, 0.15) is 0 Å². The maximum atomic E-state index is 15.3. The van der Waals surface area contributed by atoms with Crippen molar-refractivity contribution < 1.29 is 29.0 Å². The fourth-order valence-electron chi connectivity index (χ4n) is 8.72. The van der Waals surface area contributed by atoms with E-state index in [0.29, 0.717) is 32.7 Å². The zero-order valence-electron chi connectivity index (χ0n) is 26.4. The number of amides is 4. The maximum absolute atomic E-state index is 15.3. The van der Waals surface area contributed by atoms with Crippen LogP contribution in [0.3, 0.4) is 0 Å². The molecule has 1 saturated carbocycles. The van der Waals surface area contributed by atoms with Gasteiger partial charge >= 0.3 is 0 Å². The first-order chi connectivity index (χ1) is 22.3. The van der Waals surface area contributed by atoms with Gasteiger partial charge in [-0.25, -0.2) is 4.90 Å². The van der Waals surface area contributed by atoms with E-state index in [1.807, 2.05) is 57.2 Å². The number of benzene rings is 3. The summed E-state index contributed by atoms with van der Waals surface area (Å²) in [5, 5.41) is 12.2. The lowest BCUT2D eigenvalue weighted by molar-refractivity contribution is -0.145. The fraction of sp³-hybridized carbons (Fsp3) is 0.351. The predicted octanol–water partition coefficient (Wildman–Crippen LogP) is 6.78. The van der Waals surface area contributed by atoms with E-state index in [-0.39, 0.29) is 29.7 Å². The van der Waals surface area contributed by atoms with E-state index in [9.17, 15) is 19.5 Å². The SMILES string of the molecule is COc1cc(Br)cc([C@H]2C3=CC[C@@H]4C(=O)N(C(C)(C)C)C(=O)[C@@H]4[C@@H]3C[C@H]3C(=O)N(c4cccc(Cl)c4)C(=O)[C@@]23c2ccccc2)c1O. The van der Waals surface area contributed by atoms with Gasteiger partial charge in [0.25, 0.3) is 0 Å². The van der Waals surface area contributed by atoms with E-state index in [1.165, 1.54) is 16.9 Å². The Morgan fingerprint density at radius 3 is 2.32 bits per heavy atom. The summed E-state index contributed by atoms with van der Waals surface area (Å²) in [6, 6.07) is 19.2. The van der Waals surface area contributed by atoms with Gasteiger partial charge in [-0.15, -0.1) is 0 Å². The van der Waals surface area contributed by atoms with Crippen LogP contribution in [0.2, 0.25) is 5.02 Å². The first-order valence-corrected chi connectivity index (χ1v) is 16.8. The zero-order chi connectivity index (χ0) is 33.6. The van der Waals surface area contributed by atoms with Crippen molar-refractivity contribution in [3.63, 3.8) is 0 Å². The molecular weight excluding hydrogens is 684 g/mol. The van der Waals surface area contributed by atoms with Crippen molar-refractivity contribution in [1.82, 2.24) is 4.90 Å². The second-order valence-electron chi connectivity index (χ2n) is 13.8. The number of nitrogens with zero attached hydrogens (tertiary/aromatic N) is 2. The molecular formula is C37H34BrClN2O6. The third kappa shape index (κ3) is 4.45. The monoisotopic (exact) mass is 716 g/mol. The molecule has 6 atom stereocenters. The number of rotatable bonds is 4. The summed E-state index contributed by atoms with van der Waals surface area (Å²) in [7, 11) is 1.45. The first-order valence-electron chi connectivity index (χ1n) is 15.7. The van der Waals surface area contributed by atoms with Gasteiger partial charge in [0.15, 0.2) is 11.5 Å². The summed E-state index contributed by atoms with van der Waals surface area (Å²) >= 11 is 9.95. The standard InChI is InChI=1S/C37H34BrClN2O6/c1-36(2,3)41-32(43)24-14-13-23-25(29(24)34(41)45)18-27-33(44)40(22-12-8-11-21(39)17-22)35(46)37(27,19-9-6-5-7-10-19)30(23)26-15-20(38)16-28(47-4)31(26)42/h5-13,15-17,24-25,27,29-30,42H,14,18H2,1-4H3/t24-,25+,27-,29-,30+,37+/m0/s1. The van der Waals surface area contributed by atoms with Crippen LogP contribution in [-0.2, 0) is 24.6 Å². The molecule has 3 aromatic rings. The Morgan fingerprint density at radius 1 is 0.936 bits per heavy atom. The maximum Gasteiger partial charge on any atom is 0.246 e. The summed E-state index contributed by atoms with van der Waals surface area (Å²) in [4.78, 5) is 60.7. The number of phenols is 1. The number of hydrogen-bond acceptors (Lipinski definition) is 6. The van der Waals surface area contributed by atoms with Crippen molar-refractivity contribution in [3.8, 4) is 11.5 Å². The molecule has 0 spiro atoms. The molecule has 2 aliphatic heterocycles. The molecule has 4 amide bonds. The van der Waals surface area contributed by atoms with Gasteiger partial charge in [-0.05, 0) is 75.4 Å². The lowest BCUT2D eigenvalue weighted by atomic mass is 9.49. The van der Waals surface area contributed by atoms with Crippen LogP contribution in [0.4, 0.5) is 5.69 Å². The highest BCUT2D eigenvalue weighted by atomic mass is 79.9. The molecule has 47 heavy (non-hydrogen) atoms. The number of methoxy groups -OCH3 is 1. The van der Waals surface area contributed by atoms with Crippen LogP contribution < -0.4 is 9.64 Å². The van der Waals surface area contributed by atoms with Gasteiger partial charge in [0, 0.05) is 26.5 Å². The zero-order valence-corrected chi connectivity index (χ0v) is 28.7. The van der Waals surface area contributed by atoms with Crippen LogP contribution in [0.25, 0.3) is 0 Å². The number of anilines is 1. The smallest absolute Gasteiger partial charge is 0.246 e. The molecule has 1 N–H and O–H groups in total. The Labute approximate surface area is 286 Å². The minimum atomic E-state index is -1.51. The van der Waals surface area contributed by atoms with Crippen molar-refractivity contribution in [3.05, 3.63) is 99.0 Å². The van der Waals surface area contributed by atoms with E-state index < -0.39 is 52.4 Å². The molecule has 0 bridgehead atoms. The molecule has 242 valence electrons. The molecule has 3 aromatic carbocycles. The van der Waals surface area contributed by atoms with Crippen molar-refractivity contribution in [2.24, 2.45) is 23.7 Å². The minimum absolute atomic E-state index is 0.162. The summed E-state index contributed by atoms with van der Waals surface area (Å²) in [6.07, 6.45) is 2.44. The highest BCUT2D eigenvalue weighted by molar-refractivity contribution is 9.10. The number of likely N-dealkylation sites (tertiary alicyclic amines) is 1. The Bertz CT molecular complexity index is 1890. The van der Waals surface area contributed by atoms with Gasteiger partial charge in [0.05, 0.1) is 36.0 Å². The largest absolute Gasteiger partial charge is 0.504 e. The number of carbonyl (C=O) groups is 4. The predicted molar refractivity (Wildman–Crippen MR) is 180 cm³/mol. The number of allylic oxidation sites excluding steroid dienone is 2. The number of fused-ring (bicyclic) bond motifs is 4. The molecule has 0 radical (unpaired) electrons. The second kappa shape index (κ2) is 11.1. The first kappa shape index (κ1) is 31.6. The number of halogens is 2. The van der Waals surface area contributed by atoms with Crippen molar-refractivity contribution in [2.75, 3.05) is 12.0 Å². The molecule has 0 unspecified atom stereocenters. The lowest BCUT2D eigenvalue weighted by Crippen LogP contribution is -2.53. The normalized spacial score (nSPS) is 28.6. The number of carbonyl (C=O) groups excluding carboxylic acids is 4. The van der Waals surface area contributed by atoms with Crippen LogP contribution in [0.15, 0.2) is 82.9 Å². The van der Waals surface area contributed by atoms with Gasteiger partial charge in [0.2, 0.25) is 23.6 Å². The van der Waals surface area contributed by atoms with E-state index in [2.05, 4.69) is 15.9 Å². The van der Waals surface area contributed by atoms with Gasteiger partial charge in [-0.1, -0.05) is 75.6 Å². The number of phenolic OH excluding ortho intramolecular Hbond substituents is 1. The van der Waals surface area contributed by atoms with Crippen LogP contribution in [-0.4, -0.2) is 46.3 Å². The van der Waals surface area contributed by atoms with E-state index >= 15 is 4.79 Å². The minimum Gasteiger partial charge on any atom is -0.504 e. The van der Waals surface area contributed by atoms with Crippen molar-refractivity contribution in [1.29, 1.82) is 0 Å². The number of imide groups is 2. The molecule has 10 heteroatoms. The summed E-state index contributed by atoms with van der Waals surface area (Å²) in [5.74, 6) is -4.97.